The molecule has 0 fully saturated rings. The van der Waals surface area contributed by atoms with Crippen molar-refractivity contribution >= 4 is 51.5 Å². The third-order valence-electron chi connectivity index (χ3n) is 5.13. The lowest BCUT2D eigenvalue weighted by Gasteiger charge is -2.15. The number of nitrogens with zero attached hydrogens (tertiary/aromatic N) is 2. The quantitative estimate of drug-likeness (QED) is 0.318. The van der Waals surface area contributed by atoms with E-state index in [0.717, 1.165) is 25.7 Å². The van der Waals surface area contributed by atoms with Crippen molar-refractivity contribution in [1.29, 1.82) is 0 Å². The molecule has 1 heterocycles. The normalized spacial score (nSPS) is 11.9. The molecule has 174 valence electrons. The number of carbonyl (C=O) groups excluding carboxylic acids is 2. The number of rotatable bonds is 9. The van der Waals surface area contributed by atoms with Crippen LogP contribution in [0.4, 0.5) is 5.69 Å². The summed E-state index contributed by atoms with van der Waals surface area (Å²) >= 11 is 12.0. The molecular weight excluding hydrogens is 465 g/mol. The summed E-state index contributed by atoms with van der Waals surface area (Å²) in [4.78, 5) is 38.3. The Balaban J connectivity index is 1.81. The zero-order valence-corrected chi connectivity index (χ0v) is 19.9. The molecule has 3 aromatic rings. The molecule has 0 bridgehead atoms. The number of anilines is 1. The summed E-state index contributed by atoms with van der Waals surface area (Å²) in [6.07, 6.45) is 2.73. The second-order valence-corrected chi connectivity index (χ2v) is 8.49. The van der Waals surface area contributed by atoms with Crippen LogP contribution >= 0.6 is 23.2 Å². The number of aryl methyl sites for hydroxylation is 1. The minimum absolute atomic E-state index is 0.00938. The molecule has 0 aliphatic carbocycles. The van der Waals surface area contributed by atoms with Gasteiger partial charge in [0.2, 0.25) is 0 Å². The first-order chi connectivity index (χ1) is 15.8. The van der Waals surface area contributed by atoms with E-state index in [9.17, 15) is 14.4 Å². The Morgan fingerprint density at radius 1 is 1.09 bits per heavy atom. The van der Waals surface area contributed by atoms with E-state index in [0.29, 0.717) is 28.0 Å². The van der Waals surface area contributed by atoms with E-state index in [1.54, 1.807) is 36.4 Å². The van der Waals surface area contributed by atoms with Crippen molar-refractivity contribution in [3.63, 3.8) is 0 Å². The first-order valence-corrected chi connectivity index (χ1v) is 11.5. The van der Waals surface area contributed by atoms with Crippen LogP contribution in [-0.4, -0.2) is 27.8 Å². The first-order valence-electron chi connectivity index (χ1n) is 10.8. The van der Waals surface area contributed by atoms with E-state index in [2.05, 4.69) is 17.3 Å². The van der Waals surface area contributed by atoms with Gasteiger partial charge in [-0.25, -0.2) is 9.48 Å². The molecule has 0 saturated carbocycles. The van der Waals surface area contributed by atoms with E-state index in [1.165, 1.54) is 17.7 Å². The van der Waals surface area contributed by atoms with Crippen LogP contribution in [0.3, 0.4) is 0 Å². The third-order valence-corrected chi connectivity index (χ3v) is 5.67. The molecule has 1 atom stereocenters. The van der Waals surface area contributed by atoms with Crippen LogP contribution in [0.25, 0.3) is 10.8 Å². The van der Waals surface area contributed by atoms with Gasteiger partial charge in [0.15, 0.2) is 11.8 Å². The molecule has 0 aliphatic rings. The van der Waals surface area contributed by atoms with Gasteiger partial charge in [-0.2, -0.15) is 5.10 Å². The number of nitrogens with one attached hydrogen (secondary N) is 1. The average Bonchev–Trinajstić information content (AvgIpc) is 2.79. The molecule has 7 nitrogen and oxygen atoms in total. The number of hydrogen-bond donors (Lipinski definition) is 1. The summed E-state index contributed by atoms with van der Waals surface area (Å²) in [5.41, 5.74) is 0.0739. The van der Waals surface area contributed by atoms with Gasteiger partial charge in [0.25, 0.3) is 11.5 Å². The fraction of sp³-hybridized carbons (Fsp3) is 0.333. The largest absolute Gasteiger partial charge is 0.448 e. The molecule has 1 N–H and O–H groups in total. The molecule has 1 aromatic heterocycles. The molecule has 33 heavy (non-hydrogen) atoms. The lowest BCUT2D eigenvalue weighted by molar-refractivity contribution is -0.123. The van der Waals surface area contributed by atoms with Crippen molar-refractivity contribution in [3.8, 4) is 0 Å². The van der Waals surface area contributed by atoms with Crippen molar-refractivity contribution in [3.05, 3.63) is 68.6 Å². The highest BCUT2D eigenvalue weighted by Crippen LogP contribution is 2.25. The van der Waals surface area contributed by atoms with E-state index in [1.807, 2.05) is 0 Å². The van der Waals surface area contributed by atoms with E-state index in [-0.39, 0.29) is 16.3 Å². The van der Waals surface area contributed by atoms with Gasteiger partial charge in [-0.1, -0.05) is 67.6 Å². The number of carbonyl (C=O) groups is 2. The Labute approximate surface area is 201 Å². The second-order valence-electron chi connectivity index (χ2n) is 7.64. The molecule has 9 heteroatoms. The highest BCUT2D eigenvalue weighted by Gasteiger charge is 2.24. The standard InChI is InChI=1S/C24H25Cl2N3O4/c1-3-4-5-8-13-29-23(31)18-10-7-6-9-17(18)21(28-29)24(32)33-15(2)22(30)27-20-12-11-16(25)14-19(20)26/h6-7,9-12,14-15H,3-5,8,13H2,1-2H3,(H,27,30). The summed E-state index contributed by atoms with van der Waals surface area (Å²) in [5, 5.41) is 8.34. The van der Waals surface area contributed by atoms with Crippen molar-refractivity contribution in [1.82, 2.24) is 9.78 Å². The summed E-state index contributed by atoms with van der Waals surface area (Å²) in [6.45, 7) is 3.95. The Hall–Kier alpha value is -2.90. The Morgan fingerprint density at radius 3 is 2.52 bits per heavy atom. The van der Waals surface area contributed by atoms with Crippen LogP contribution in [0.2, 0.25) is 10.0 Å². The number of esters is 1. The number of aromatic nitrogens is 2. The zero-order chi connectivity index (χ0) is 24.0. The predicted molar refractivity (Wildman–Crippen MR) is 130 cm³/mol. The monoisotopic (exact) mass is 489 g/mol. The van der Waals surface area contributed by atoms with Crippen LogP contribution in [0.15, 0.2) is 47.3 Å². The summed E-state index contributed by atoms with van der Waals surface area (Å²) in [6, 6.07) is 11.4. The van der Waals surface area contributed by atoms with Gasteiger partial charge in [0.1, 0.15) is 0 Å². The summed E-state index contributed by atoms with van der Waals surface area (Å²) < 4.78 is 6.68. The topological polar surface area (TPSA) is 90.3 Å². The Bertz CT molecular complexity index is 1230. The number of ether oxygens (including phenoxy) is 1. The van der Waals surface area contributed by atoms with Crippen molar-refractivity contribution < 1.29 is 14.3 Å². The Kier molecular flexibility index (Phi) is 8.47. The minimum Gasteiger partial charge on any atom is -0.448 e. The fourth-order valence-corrected chi connectivity index (χ4v) is 3.78. The van der Waals surface area contributed by atoms with Gasteiger partial charge in [-0.15, -0.1) is 0 Å². The Morgan fingerprint density at radius 2 is 1.82 bits per heavy atom. The second kappa shape index (κ2) is 11.3. The number of hydrogen-bond acceptors (Lipinski definition) is 5. The molecule has 0 radical (unpaired) electrons. The molecule has 0 aliphatic heterocycles. The third kappa shape index (κ3) is 6.12. The van der Waals surface area contributed by atoms with Crippen molar-refractivity contribution in [2.24, 2.45) is 0 Å². The molecule has 2 aromatic carbocycles. The van der Waals surface area contributed by atoms with Gasteiger partial charge in [0, 0.05) is 17.0 Å². The van der Waals surface area contributed by atoms with Crippen LogP contribution < -0.4 is 10.9 Å². The number of fused-ring (bicyclic) bond motifs is 1. The van der Waals surface area contributed by atoms with Gasteiger partial charge in [-0.05, 0) is 37.6 Å². The lowest BCUT2D eigenvalue weighted by Crippen LogP contribution is -2.32. The lowest BCUT2D eigenvalue weighted by atomic mass is 10.1. The number of benzene rings is 2. The maximum Gasteiger partial charge on any atom is 0.360 e. The molecule has 0 spiro atoms. The maximum atomic E-state index is 13.0. The van der Waals surface area contributed by atoms with Gasteiger partial charge in [-0.3, -0.25) is 9.59 Å². The first kappa shape index (κ1) is 24.7. The van der Waals surface area contributed by atoms with Gasteiger partial charge < -0.3 is 10.1 Å². The smallest absolute Gasteiger partial charge is 0.360 e. The molecule has 3 rings (SSSR count). The fourth-order valence-electron chi connectivity index (χ4n) is 3.32. The highest BCUT2D eigenvalue weighted by atomic mass is 35.5. The average molecular weight is 490 g/mol. The van der Waals surface area contributed by atoms with Crippen LogP contribution in [0.1, 0.15) is 50.0 Å². The summed E-state index contributed by atoms with van der Waals surface area (Å²) in [5.74, 6) is -1.36. The van der Waals surface area contributed by atoms with E-state index < -0.39 is 18.0 Å². The summed E-state index contributed by atoms with van der Waals surface area (Å²) in [7, 11) is 0. The van der Waals surface area contributed by atoms with Gasteiger partial charge >= 0.3 is 5.97 Å². The van der Waals surface area contributed by atoms with E-state index in [4.69, 9.17) is 27.9 Å². The van der Waals surface area contributed by atoms with Crippen LogP contribution in [0, 0.1) is 0 Å². The molecular formula is C24H25Cl2N3O4. The predicted octanol–water partition coefficient (Wildman–Crippen LogP) is 5.47. The SMILES string of the molecule is CCCCCCn1nc(C(=O)OC(C)C(=O)Nc2ccc(Cl)cc2Cl)c2ccccc2c1=O. The maximum absolute atomic E-state index is 13.0. The van der Waals surface area contributed by atoms with Crippen LogP contribution in [0.5, 0.6) is 0 Å². The molecule has 1 amide bonds. The van der Waals surface area contributed by atoms with Crippen LogP contribution in [-0.2, 0) is 16.1 Å². The zero-order valence-electron chi connectivity index (χ0n) is 18.4. The minimum atomic E-state index is -1.13. The molecule has 1 unspecified atom stereocenters. The number of unbranched alkanes of at least 4 members (excludes halogenated alkanes) is 3. The van der Waals surface area contributed by atoms with E-state index >= 15 is 0 Å². The number of amides is 1. The van der Waals surface area contributed by atoms with Crippen molar-refractivity contribution in [2.75, 3.05) is 5.32 Å². The van der Waals surface area contributed by atoms with Gasteiger partial charge in [0.05, 0.1) is 16.1 Å². The highest BCUT2D eigenvalue weighted by molar-refractivity contribution is 6.36. The molecule has 0 saturated heterocycles. The van der Waals surface area contributed by atoms with Crippen molar-refractivity contribution in [2.45, 2.75) is 52.2 Å². The number of halogens is 2.